The molecule has 1 aliphatic rings. The predicted molar refractivity (Wildman–Crippen MR) is 114 cm³/mol. The van der Waals surface area contributed by atoms with Crippen molar-refractivity contribution in [3.8, 4) is 0 Å². The van der Waals surface area contributed by atoms with Gasteiger partial charge in [-0.15, -0.1) is 0 Å². The first-order chi connectivity index (χ1) is 14.4. The summed E-state index contributed by atoms with van der Waals surface area (Å²) in [5.74, 6) is -1.92. The Labute approximate surface area is 175 Å². The average Bonchev–Trinajstić information content (AvgIpc) is 2.74. The van der Waals surface area contributed by atoms with E-state index in [2.05, 4.69) is 5.32 Å². The van der Waals surface area contributed by atoms with Crippen molar-refractivity contribution in [2.24, 2.45) is 5.92 Å². The molecule has 1 heterocycles. The Hall–Kier alpha value is -3.35. The van der Waals surface area contributed by atoms with Crippen LogP contribution in [-0.4, -0.2) is 42.6 Å². The third kappa shape index (κ3) is 4.97. The maximum atomic E-state index is 12.5. The lowest BCUT2D eigenvalue weighted by Gasteiger charge is -2.34. The maximum absolute atomic E-state index is 12.5. The molecule has 0 spiro atoms. The predicted octanol–water partition coefficient (Wildman–Crippen LogP) is 3.73. The van der Waals surface area contributed by atoms with E-state index in [1.165, 1.54) is 6.07 Å². The summed E-state index contributed by atoms with van der Waals surface area (Å²) >= 11 is 0. The number of rotatable bonds is 6. The van der Waals surface area contributed by atoms with Crippen molar-refractivity contribution in [1.82, 2.24) is 0 Å². The van der Waals surface area contributed by atoms with Gasteiger partial charge >= 0.3 is 11.9 Å². The van der Waals surface area contributed by atoms with Gasteiger partial charge in [0.1, 0.15) is 0 Å². The van der Waals surface area contributed by atoms with E-state index in [-0.39, 0.29) is 23.4 Å². The highest BCUT2D eigenvalue weighted by Crippen LogP contribution is 2.29. The van der Waals surface area contributed by atoms with Crippen LogP contribution in [0.3, 0.4) is 0 Å². The van der Waals surface area contributed by atoms with Gasteiger partial charge in [-0.05, 0) is 57.0 Å². The van der Waals surface area contributed by atoms with Gasteiger partial charge in [-0.1, -0.05) is 17.7 Å². The molecule has 0 bridgehead atoms. The molecule has 1 aliphatic heterocycles. The van der Waals surface area contributed by atoms with E-state index in [9.17, 15) is 19.5 Å². The van der Waals surface area contributed by atoms with Crippen LogP contribution in [0.2, 0.25) is 0 Å². The number of nitrogens with zero attached hydrogens (tertiary/aromatic N) is 1. The number of nitrogens with one attached hydrogen (secondary N) is 1. The van der Waals surface area contributed by atoms with Crippen LogP contribution in [0.4, 0.5) is 11.4 Å². The molecule has 1 fully saturated rings. The third-order valence-electron chi connectivity index (χ3n) is 5.18. The topological polar surface area (TPSA) is 95.9 Å². The van der Waals surface area contributed by atoms with Gasteiger partial charge in [0, 0.05) is 24.3 Å². The summed E-state index contributed by atoms with van der Waals surface area (Å²) in [5, 5.41) is 12.5. The van der Waals surface area contributed by atoms with Crippen LogP contribution in [0.15, 0.2) is 42.5 Å². The van der Waals surface area contributed by atoms with Crippen LogP contribution in [0, 0.1) is 12.8 Å². The number of carbonyl (C=O) groups excluding carboxylic acids is 2. The normalized spacial score (nSPS) is 16.1. The second-order valence-electron chi connectivity index (χ2n) is 7.39. The van der Waals surface area contributed by atoms with Gasteiger partial charge in [0.2, 0.25) is 0 Å². The molecule has 1 amide bonds. The fraction of sp³-hybridized carbons (Fsp3) is 0.348. The molecule has 2 aromatic rings. The van der Waals surface area contributed by atoms with E-state index >= 15 is 0 Å². The number of ether oxygens (including phenoxy) is 1. The minimum Gasteiger partial charge on any atom is -0.478 e. The summed E-state index contributed by atoms with van der Waals surface area (Å²) < 4.78 is 5.13. The molecule has 7 heteroatoms. The standard InChI is InChI=1S/C23H26N2O5/c1-3-30-23(29)17-5-4-12-25(14-17)20-11-10-18(13-19(20)22(27)28)24-21(26)16-8-6-15(2)7-9-16/h6-11,13,17H,3-5,12,14H2,1-2H3,(H,24,26)(H,27,28). The van der Waals surface area contributed by atoms with Gasteiger partial charge in [0.25, 0.3) is 5.91 Å². The first-order valence-corrected chi connectivity index (χ1v) is 10.1. The van der Waals surface area contributed by atoms with Gasteiger partial charge in [-0.3, -0.25) is 9.59 Å². The number of hydrogen-bond donors (Lipinski definition) is 2. The number of hydrogen-bond acceptors (Lipinski definition) is 5. The van der Waals surface area contributed by atoms with E-state index in [1.807, 2.05) is 24.0 Å². The zero-order valence-electron chi connectivity index (χ0n) is 17.2. The van der Waals surface area contributed by atoms with Gasteiger partial charge in [-0.2, -0.15) is 0 Å². The van der Waals surface area contributed by atoms with E-state index < -0.39 is 5.97 Å². The molecule has 0 aromatic heterocycles. The van der Waals surface area contributed by atoms with Crippen LogP contribution >= 0.6 is 0 Å². The number of carboxylic acids is 1. The van der Waals surface area contributed by atoms with Crippen LogP contribution < -0.4 is 10.2 Å². The number of carbonyl (C=O) groups is 3. The zero-order chi connectivity index (χ0) is 21.7. The monoisotopic (exact) mass is 410 g/mol. The highest BCUT2D eigenvalue weighted by molar-refractivity contribution is 6.05. The molecule has 1 atom stereocenters. The largest absolute Gasteiger partial charge is 0.478 e. The minimum absolute atomic E-state index is 0.0845. The summed E-state index contributed by atoms with van der Waals surface area (Å²) in [6.07, 6.45) is 1.50. The van der Waals surface area contributed by atoms with Gasteiger partial charge in [0.15, 0.2) is 0 Å². The Morgan fingerprint density at radius 3 is 2.57 bits per heavy atom. The molecule has 7 nitrogen and oxygen atoms in total. The Balaban J connectivity index is 1.79. The first kappa shape index (κ1) is 21.4. The van der Waals surface area contributed by atoms with Crippen LogP contribution in [0.1, 0.15) is 46.0 Å². The highest BCUT2D eigenvalue weighted by atomic mass is 16.5. The zero-order valence-corrected chi connectivity index (χ0v) is 17.2. The third-order valence-corrected chi connectivity index (χ3v) is 5.18. The molecule has 1 unspecified atom stereocenters. The van der Waals surface area contributed by atoms with E-state index in [0.29, 0.717) is 36.6 Å². The Morgan fingerprint density at radius 1 is 1.17 bits per heavy atom. The number of anilines is 2. The van der Waals surface area contributed by atoms with Crippen LogP contribution in [0.25, 0.3) is 0 Å². The van der Waals surface area contributed by atoms with E-state index in [4.69, 9.17) is 4.74 Å². The van der Waals surface area contributed by atoms with Gasteiger partial charge < -0.3 is 20.1 Å². The fourth-order valence-corrected chi connectivity index (χ4v) is 3.62. The minimum atomic E-state index is -1.09. The van der Waals surface area contributed by atoms with Gasteiger partial charge in [0.05, 0.1) is 23.8 Å². The number of amides is 1. The molecule has 1 saturated heterocycles. The number of aryl methyl sites for hydroxylation is 1. The molecule has 0 radical (unpaired) electrons. The molecule has 30 heavy (non-hydrogen) atoms. The van der Waals surface area contributed by atoms with Crippen molar-refractivity contribution >= 4 is 29.2 Å². The van der Waals surface area contributed by atoms with Crippen molar-refractivity contribution in [2.75, 3.05) is 29.9 Å². The smallest absolute Gasteiger partial charge is 0.337 e. The summed E-state index contributed by atoms with van der Waals surface area (Å²) in [7, 11) is 0. The second kappa shape index (κ2) is 9.43. The lowest BCUT2D eigenvalue weighted by Crippen LogP contribution is -2.40. The quantitative estimate of drug-likeness (QED) is 0.705. The van der Waals surface area contributed by atoms with Gasteiger partial charge in [-0.25, -0.2) is 4.79 Å². The summed E-state index contributed by atoms with van der Waals surface area (Å²) in [6, 6.07) is 12.0. The van der Waals surface area contributed by atoms with Crippen LogP contribution in [-0.2, 0) is 9.53 Å². The average molecular weight is 410 g/mol. The Kier molecular flexibility index (Phi) is 6.72. The molecule has 0 saturated carbocycles. The maximum Gasteiger partial charge on any atom is 0.337 e. The molecule has 2 N–H and O–H groups in total. The summed E-state index contributed by atoms with van der Waals surface area (Å²) in [5.41, 5.74) is 2.56. The first-order valence-electron chi connectivity index (χ1n) is 10.1. The lowest BCUT2D eigenvalue weighted by molar-refractivity contribution is -0.148. The SMILES string of the molecule is CCOC(=O)C1CCCN(c2ccc(NC(=O)c3ccc(C)cc3)cc2C(=O)O)C1. The number of carboxylic acid groups (broad SMARTS) is 1. The lowest BCUT2D eigenvalue weighted by atomic mass is 9.96. The van der Waals surface area contributed by atoms with E-state index in [1.54, 1.807) is 31.2 Å². The number of aromatic carboxylic acids is 1. The molecule has 3 rings (SSSR count). The van der Waals surface area contributed by atoms with Crippen LogP contribution in [0.5, 0.6) is 0 Å². The summed E-state index contributed by atoms with van der Waals surface area (Å²) in [4.78, 5) is 38.4. The number of esters is 1. The Morgan fingerprint density at radius 2 is 1.90 bits per heavy atom. The molecule has 2 aromatic carbocycles. The van der Waals surface area contributed by atoms with Crippen molar-refractivity contribution in [3.63, 3.8) is 0 Å². The molecular weight excluding hydrogens is 384 g/mol. The van der Waals surface area contributed by atoms with Crippen molar-refractivity contribution in [3.05, 3.63) is 59.2 Å². The Bertz CT molecular complexity index is 939. The number of benzene rings is 2. The number of piperidine rings is 1. The van der Waals surface area contributed by atoms with Crippen molar-refractivity contribution < 1.29 is 24.2 Å². The summed E-state index contributed by atoms with van der Waals surface area (Å²) in [6.45, 7) is 5.10. The van der Waals surface area contributed by atoms with Crippen molar-refractivity contribution in [1.29, 1.82) is 0 Å². The molecule has 0 aliphatic carbocycles. The second-order valence-corrected chi connectivity index (χ2v) is 7.39. The molecule has 158 valence electrons. The van der Waals surface area contributed by atoms with Crippen molar-refractivity contribution in [2.45, 2.75) is 26.7 Å². The highest BCUT2D eigenvalue weighted by Gasteiger charge is 2.29. The van der Waals surface area contributed by atoms with E-state index in [0.717, 1.165) is 18.4 Å². The molecular formula is C23H26N2O5. The fourth-order valence-electron chi connectivity index (χ4n) is 3.62.